The maximum atomic E-state index is 12.4. The molecule has 25 heavy (non-hydrogen) atoms. The number of halogens is 1. The SMILES string of the molecule is CN(CCC(=O)N1CCN(c2ncccn2)CC1)Cc1ccc(Cl)s1. The first-order valence-electron chi connectivity index (χ1n) is 8.34. The zero-order chi connectivity index (χ0) is 17.6. The third-order valence-electron chi connectivity index (χ3n) is 4.23. The van der Waals surface area contributed by atoms with Crippen molar-refractivity contribution in [3.8, 4) is 0 Å². The number of hydrogen-bond donors (Lipinski definition) is 0. The van der Waals surface area contributed by atoms with Gasteiger partial charge in [0.1, 0.15) is 0 Å². The van der Waals surface area contributed by atoms with Crippen molar-refractivity contribution >= 4 is 34.8 Å². The number of amides is 1. The van der Waals surface area contributed by atoms with E-state index < -0.39 is 0 Å². The van der Waals surface area contributed by atoms with E-state index in [9.17, 15) is 4.79 Å². The predicted octanol–water partition coefficient (Wildman–Crippen LogP) is 2.36. The van der Waals surface area contributed by atoms with Crippen LogP contribution in [-0.2, 0) is 11.3 Å². The minimum atomic E-state index is 0.213. The number of piperazine rings is 1. The number of hydrogen-bond acceptors (Lipinski definition) is 6. The topological polar surface area (TPSA) is 52.6 Å². The van der Waals surface area contributed by atoms with Gasteiger partial charge in [-0.05, 0) is 25.2 Å². The van der Waals surface area contributed by atoms with Crippen LogP contribution in [0.1, 0.15) is 11.3 Å². The molecule has 0 bridgehead atoms. The average Bonchev–Trinajstić information content (AvgIpc) is 3.05. The van der Waals surface area contributed by atoms with E-state index in [2.05, 4.69) is 19.8 Å². The second kappa shape index (κ2) is 8.60. The number of anilines is 1. The first kappa shape index (κ1) is 18.1. The summed E-state index contributed by atoms with van der Waals surface area (Å²) in [5.41, 5.74) is 0. The molecule has 2 aromatic heterocycles. The highest BCUT2D eigenvalue weighted by Crippen LogP contribution is 2.22. The maximum absolute atomic E-state index is 12.4. The van der Waals surface area contributed by atoms with Crippen LogP contribution in [0.4, 0.5) is 5.95 Å². The Morgan fingerprint density at radius 1 is 1.24 bits per heavy atom. The van der Waals surface area contributed by atoms with Gasteiger partial charge in [0, 0.05) is 63.0 Å². The van der Waals surface area contributed by atoms with Crippen LogP contribution in [0.25, 0.3) is 0 Å². The molecular weight excluding hydrogens is 358 g/mol. The Balaban J connectivity index is 1.40. The first-order valence-corrected chi connectivity index (χ1v) is 9.54. The summed E-state index contributed by atoms with van der Waals surface area (Å²) in [4.78, 5) is 28.4. The van der Waals surface area contributed by atoms with Gasteiger partial charge in [-0.15, -0.1) is 11.3 Å². The molecule has 0 aliphatic carbocycles. The van der Waals surface area contributed by atoms with E-state index in [0.29, 0.717) is 6.42 Å². The van der Waals surface area contributed by atoms with Crippen molar-refractivity contribution in [1.29, 1.82) is 0 Å². The monoisotopic (exact) mass is 379 g/mol. The van der Waals surface area contributed by atoms with E-state index in [-0.39, 0.29) is 5.91 Å². The summed E-state index contributed by atoms with van der Waals surface area (Å²) in [6.07, 6.45) is 4.03. The quantitative estimate of drug-likeness (QED) is 0.771. The summed E-state index contributed by atoms with van der Waals surface area (Å²) in [7, 11) is 2.03. The van der Waals surface area contributed by atoms with E-state index in [1.54, 1.807) is 23.7 Å². The lowest BCUT2D eigenvalue weighted by Gasteiger charge is -2.35. The molecule has 1 saturated heterocycles. The Morgan fingerprint density at radius 2 is 1.96 bits per heavy atom. The van der Waals surface area contributed by atoms with Gasteiger partial charge in [-0.1, -0.05) is 11.6 Å². The van der Waals surface area contributed by atoms with E-state index in [4.69, 9.17) is 11.6 Å². The standard InChI is InChI=1S/C17H22ClN5OS/c1-21(13-14-3-4-15(18)25-14)8-5-16(24)22-9-11-23(12-10-22)17-19-6-2-7-20-17/h2-4,6-7H,5,8-13H2,1H3. The minimum Gasteiger partial charge on any atom is -0.339 e. The Morgan fingerprint density at radius 3 is 2.60 bits per heavy atom. The van der Waals surface area contributed by atoms with Crippen molar-refractivity contribution in [3.63, 3.8) is 0 Å². The van der Waals surface area contributed by atoms with Gasteiger partial charge in [-0.3, -0.25) is 4.79 Å². The number of carbonyl (C=O) groups excluding carboxylic acids is 1. The third-order valence-corrected chi connectivity index (χ3v) is 5.45. The summed E-state index contributed by atoms with van der Waals surface area (Å²) in [6.45, 7) is 4.57. The lowest BCUT2D eigenvalue weighted by molar-refractivity contribution is -0.131. The smallest absolute Gasteiger partial charge is 0.225 e. The lowest BCUT2D eigenvalue weighted by atomic mass is 10.2. The van der Waals surface area contributed by atoms with Gasteiger partial charge in [-0.2, -0.15) is 0 Å². The second-order valence-corrected chi connectivity index (χ2v) is 7.91. The van der Waals surface area contributed by atoms with Gasteiger partial charge < -0.3 is 14.7 Å². The van der Waals surface area contributed by atoms with Gasteiger partial charge in [0.25, 0.3) is 0 Å². The number of rotatable bonds is 6. The van der Waals surface area contributed by atoms with Crippen molar-refractivity contribution in [2.75, 3.05) is 44.7 Å². The molecular formula is C17H22ClN5OS. The van der Waals surface area contributed by atoms with Crippen LogP contribution in [0.15, 0.2) is 30.6 Å². The van der Waals surface area contributed by atoms with Crippen LogP contribution in [0.5, 0.6) is 0 Å². The normalized spacial score (nSPS) is 15.0. The fourth-order valence-corrected chi connectivity index (χ4v) is 4.00. The van der Waals surface area contributed by atoms with Gasteiger partial charge in [0.05, 0.1) is 4.34 Å². The number of aromatic nitrogens is 2. The highest BCUT2D eigenvalue weighted by molar-refractivity contribution is 7.16. The Kier molecular flexibility index (Phi) is 6.23. The van der Waals surface area contributed by atoms with Gasteiger partial charge in [0.2, 0.25) is 11.9 Å². The van der Waals surface area contributed by atoms with E-state index >= 15 is 0 Å². The summed E-state index contributed by atoms with van der Waals surface area (Å²) >= 11 is 7.54. The number of nitrogens with zero attached hydrogens (tertiary/aromatic N) is 5. The van der Waals surface area contributed by atoms with Crippen LogP contribution in [0.3, 0.4) is 0 Å². The lowest BCUT2D eigenvalue weighted by Crippen LogP contribution is -2.49. The zero-order valence-electron chi connectivity index (χ0n) is 14.3. The van der Waals surface area contributed by atoms with Gasteiger partial charge in [-0.25, -0.2) is 9.97 Å². The number of thiophene rings is 1. The molecule has 0 atom stereocenters. The van der Waals surface area contributed by atoms with Crippen LogP contribution >= 0.6 is 22.9 Å². The van der Waals surface area contributed by atoms with Crippen molar-refractivity contribution < 1.29 is 4.79 Å². The number of carbonyl (C=O) groups is 1. The van der Waals surface area contributed by atoms with Crippen LogP contribution in [0.2, 0.25) is 4.34 Å². The first-order chi connectivity index (χ1) is 12.1. The third kappa shape index (κ3) is 5.14. The molecule has 1 aliphatic rings. The largest absolute Gasteiger partial charge is 0.339 e. The molecule has 0 saturated carbocycles. The van der Waals surface area contributed by atoms with Crippen molar-refractivity contribution in [3.05, 3.63) is 39.8 Å². The predicted molar refractivity (Wildman–Crippen MR) is 101 cm³/mol. The second-order valence-electron chi connectivity index (χ2n) is 6.11. The fourth-order valence-electron chi connectivity index (χ4n) is 2.84. The fraction of sp³-hybridized carbons (Fsp3) is 0.471. The molecule has 8 heteroatoms. The molecule has 1 aliphatic heterocycles. The molecule has 2 aromatic rings. The van der Waals surface area contributed by atoms with Crippen molar-refractivity contribution in [1.82, 2.24) is 19.8 Å². The molecule has 0 aromatic carbocycles. The Bertz CT molecular complexity index is 687. The molecule has 6 nitrogen and oxygen atoms in total. The van der Waals surface area contributed by atoms with Crippen molar-refractivity contribution in [2.45, 2.75) is 13.0 Å². The molecule has 3 heterocycles. The van der Waals surface area contributed by atoms with Crippen LogP contribution < -0.4 is 4.90 Å². The molecule has 0 radical (unpaired) electrons. The van der Waals surface area contributed by atoms with Crippen LogP contribution in [0, 0.1) is 0 Å². The minimum absolute atomic E-state index is 0.213. The molecule has 134 valence electrons. The summed E-state index contributed by atoms with van der Waals surface area (Å²) in [5.74, 6) is 0.952. The van der Waals surface area contributed by atoms with Crippen molar-refractivity contribution in [2.24, 2.45) is 0 Å². The zero-order valence-corrected chi connectivity index (χ0v) is 15.8. The molecule has 3 rings (SSSR count). The average molecular weight is 380 g/mol. The van der Waals surface area contributed by atoms with Crippen LogP contribution in [-0.4, -0.2) is 65.4 Å². The maximum Gasteiger partial charge on any atom is 0.225 e. The molecule has 0 unspecified atom stereocenters. The molecule has 0 N–H and O–H groups in total. The summed E-state index contributed by atoms with van der Waals surface area (Å²) < 4.78 is 0.805. The highest BCUT2D eigenvalue weighted by atomic mass is 35.5. The van der Waals surface area contributed by atoms with E-state index in [1.165, 1.54) is 4.88 Å². The van der Waals surface area contributed by atoms with E-state index in [0.717, 1.165) is 49.6 Å². The Labute approximate surface area is 157 Å². The van der Waals surface area contributed by atoms with Gasteiger partial charge >= 0.3 is 0 Å². The summed E-state index contributed by atoms with van der Waals surface area (Å²) in [6, 6.07) is 5.76. The molecule has 1 fully saturated rings. The highest BCUT2D eigenvalue weighted by Gasteiger charge is 2.22. The molecule has 0 spiro atoms. The van der Waals surface area contributed by atoms with E-state index in [1.807, 2.05) is 30.1 Å². The Hall–Kier alpha value is -1.70. The summed E-state index contributed by atoms with van der Waals surface area (Å²) in [5, 5.41) is 0. The molecule has 1 amide bonds. The van der Waals surface area contributed by atoms with Gasteiger partial charge in [0.15, 0.2) is 0 Å².